The molecule has 1 saturated carbocycles. The van der Waals surface area contributed by atoms with E-state index in [9.17, 15) is 4.79 Å². The Labute approximate surface area is 173 Å². The fraction of sp³-hybridized carbons (Fsp3) is 0.696. The van der Waals surface area contributed by atoms with Crippen LogP contribution in [0.25, 0.3) is 0 Å². The van der Waals surface area contributed by atoms with Gasteiger partial charge >= 0.3 is 0 Å². The number of amides is 1. The Balaban J connectivity index is 1.39. The lowest BCUT2D eigenvalue weighted by Gasteiger charge is -2.36. The summed E-state index contributed by atoms with van der Waals surface area (Å²) in [6.07, 6.45) is 9.35. The van der Waals surface area contributed by atoms with E-state index in [4.69, 9.17) is 14.2 Å². The van der Waals surface area contributed by atoms with Crippen LogP contribution < -0.4 is 14.8 Å². The van der Waals surface area contributed by atoms with Gasteiger partial charge in [-0.05, 0) is 56.7 Å². The van der Waals surface area contributed by atoms with E-state index in [-0.39, 0.29) is 18.1 Å². The number of carbonyl (C=O) groups is 1. The number of hydrogen-bond donors (Lipinski definition) is 1. The summed E-state index contributed by atoms with van der Waals surface area (Å²) in [5.41, 5.74) is 0.564. The van der Waals surface area contributed by atoms with Gasteiger partial charge in [0.2, 0.25) is 0 Å². The minimum absolute atomic E-state index is 0.0887. The molecule has 1 aromatic rings. The first kappa shape index (κ1) is 20.5. The Morgan fingerprint density at radius 2 is 1.79 bits per heavy atom. The van der Waals surface area contributed by atoms with Gasteiger partial charge < -0.3 is 24.4 Å². The summed E-state index contributed by atoms with van der Waals surface area (Å²) in [5, 5.41) is 3.15. The van der Waals surface area contributed by atoms with Crippen molar-refractivity contribution in [1.82, 2.24) is 10.2 Å². The molecule has 3 aliphatic rings. The summed E-state index contributed by atoms with van der Waals surface area (Å²) in [5.74, 6) is 1.24. The van der Waals surface area contributed by atoms with Crippen molar-refractivity contribution in [3.8, 4) is 11.5 Å². The van der Waals surface area contributed by atoms with Crippen molar-refractivity contribution in [3.05, 3.63) is 23.8 Å². The highest BCUT2D eigenvalue weighted by molar-refractivity contribution is 5.97. The molecule has 2 heterocycles. The second kappa shape index (κ2) is 9.81. The summed E-state index contributed by atoms with van der Waals surface area (Å²) < 4.78 is 17.1. The molecule has 1 aliphatic carbocycles. The Morgan fingerprint density at radius 1 is 1.07 bits per heavy atom. The van der Waals surface area contributed by atoms with Crippen LogP contribution in [0, 0.1) is 0 Å². The average Bonchev–Trinajstić information content (AvgIpc) is 3.30. The van der Waals surface area contributed by atoms with Crippen molar-refractivity contribution in [2.45, 2.75) is 69.6 Å². The van der Waals surface area contributed by atoms with Gasteiger partial charge in [-0.25, -0.2) is 0 Å². The number of rotatable bonds is 6. The van der Waals surface area contributed by atoms with Crippen LogP contribution in [0.3, 0.4) is 0 Å². The van der Waals surface area contributed by atoms with E-state index in [0.29, 0.717) is 30.3 Å². The maximum atomic E-state index is 13.0. The molecule has 2 aliphatic heterocycles. The summed E-state index contributed by atoms with van der Waals surface area (Å²) in [6, 6.07) is 6.47. The summed E-state index contributed by atoms with van der Waals surface area (Å²) in [4.78, 5) is 15.6. The molecule has 1 amide bonds. The molecule has 0 unspecified atom stereocenters. The quantitative estimate of drug-likeness (QED) is 0.790. The third-order valence-electron chi connectivity index (χ3n) is 6.60. The van der Waals surface area contributed by atoms with Crippen molar-refractivity contribution >= 4 is 5.91 Å². The lowest BCUT2D eigenvalue weighted by atomic mass is 10.0. The Bertz CT molecular complexity index is 675. The molecule has 3 fully saturated rings. The first-order valence-electron chi connectivity index (χ1n) is 11.2. The van der Waals surface area contributed by atoms with Gasteiger partial charge in [0.15, 0.2) is 0 Å². The Morgan fingerprint density at radius 3 is 2.48 bits per heavy atom. The summed E-state index contributed by atoms with van der Waals surface area (Å²) >= 11 is 0. The number of methoxy groups -OCH3 is 1. The number of likely N-dealkylation sites (tertiary alicyclic amines) is 1. The standard InChI is InChI=1S/C23H34N2O4/c1-27-20-6-7-22(21(16-20)23(26)24-17-10-14-28-15-11-17)29-19-8-12-25(13-9-19)18-4-2-3-5-18/h6-7,16-19H,2-5,8-15H2,1H3,(H,24,26). The molecule has 0 atom stereocenters. The highest BCUT2D eigenvalue weighted by Crippen LogP contribution is 2.30. The van der Waals surface area contributed by atoms with Crippen molar-refractivity contribution in [3.63, 3.8) is 0 Å². The molecule has 0 radical (unpaired) electrons. The van der Waals surface area contributed by atoms with Gasteiger partial charge in [-0.2, -0.15) is 0 Å². The van der Waals surface area contributed by atoms with E-state index in [2.05, 4.69) is 10.2 Å². The third-order valence-corrected chi connectivity index (χ3v) is 6.60. The molecule has 6 heteroatoms. The van der Waals surface area contributed by atoms with Gasteiger partial charge in [0.1, 0.15) is 17.6 Å². The zero-order valence-electron chi connectivity index (χ0n) is 17.5. The lowest BCUT2D eigenvalue weighted by Crippen LogP contribution is -2.43. The number of carbonyl (C=O) groups excluding carboxylic acids is 1. The van der Waals surface area contributed by atoms with Gasteiger partial charge in [0.25, 0.3) is 5.91 Å². The predicted molar refractivity (Wildman–Crippen MR) is 112 cm³/mol. The third kappa shape index (κ3) is 5.23. The molecule has 1 N–H and O–H groups in total. The number of piperidine rings is 1. The second-order valence-electron chi connectivity index (χ2n) is 8.51. The highest BCUT2D eigenvalue weighted by Gasteiger charge is 2.29. The van der Waals surface area contributed by atoms with Crippen molar-refractivity contribution in [2.24, 2.45) is 0 Å². The minimum Gasteiger partial charge on any atom is -0.497 e. The van der Waals surface area contributed by atoms with Gasteiger partial charge in [-0.1, -0.05) is 12.8 Å². The van der Waals surface area contributed by atoms with Crippen molar-refractivity contribution in [2.75, 3.05) is 33.4 Å². The number of nitrogens with one attached hydrogen (secondary N) is 1. The van der Waals surface area contributed by atoms with E-state index in [1.54, 1.807) is 13.2 Å². The van der Waals surface area contributed by atoms with E-state index in [1.165, 1.54) is 25.7 Å². The normalized spacial score (nSPS) is 22.5. The van der Waals surface area contributed by atoms with Crippen LogP contribution in [0.5, 0.6) is 11.5 Å². The van der Waals surface area contributed by atoms with E-state index in [1.807, 2.05) is 12.1 Å². The SMILES string of the molecule is COc1ccc(OC2CCN(C3CCCC3)CC2)c(C(=O)NC2CCOCC2)c1. The molecule has 1 aromatic carbocycles. The maximum Gasteiger partial charge on any atom is 0.255 e. The fourth-order valence-electron chi connectivity index (χ4n) is 4.83. The van der Waals surface area contributed by atoms with Gasteiger partial charge in [0, 0.05) is 38.4 Å². The fourth-order valence-corrected chi connectivity index (χ4v) is 4.83. The molecular formula is C23H34N2O4. The van der Waals surface area contributed by atoms with E-state index in [0.717, 1.165) is 44.8 Å². The van der Waals surface area contributed by atoms with Gasteiger partial charge in [-0.3, -0.25) is 4.79 Å². The molecule has 6 nitrogen and oxygen atoms in total. The molecular weight excluding hydrogens is 368 g/mol. The molecule has 4 rings (SSSR count). The molecule has 0 aromatic heterocycles. The monoisotopic (exact) mass is 402 g/mol. The maximum absolute atomic E-state index is 13.0. The molecule has 0 spiro atoms. The molecule has 0 bridgehead atoms. The van der Waals surface area contributed by atoms with Crippen LogP contribution in [0.1, 0.15) is 61.7 Å². The van der Waals surface area contributed by atoms with Crippen LogP contribution in [0.4, 0.5) is 0 Å². The van der Waals surface area contributed by atoms with Crippen molar-refractivity contribution < 1.29 is 19.0 Å². The van der Waals surface area contributed by atoms with Crippen LogP contribution in [-0.2, 0) is 4.74 Å². The number of benzene rings is 1. The molecule has 29 heavy (non-hydrogen) atoms. The smallest absolute Gasteiger partial charge is 0.255 e. The largest absolute Gasteiger partial charge is 0.497 e. The first-order chi connectivity index (χ1) is 14.2. The predicted octanol–water partition coefficient (Wildman–Crippen LogP) is 3.39. The lowest BCUT2D eigenvalue weighted by molar-refractivity contribution is 0.0676. The van der Waals surface area contributed by atoms with Gasteiger partial charge in [-0.15, -0.1) is 0 Å². The highest BCUT2D eigenvalue weighted by atomic mass is 16.5. The number of hydrogen-bond acceptors (Lipinski definition) is 5. The zero-order chi connectivity index (χ0) is 20.1. The Hall–Kier alpha value is -1.79. The zero-order valence-corrected chi connectivity index (χ0v) is 17.5. The number of nitrogens with zero attached hydrogens (tertiary/aromatic N) is 1. The average molecular weight is 403 g/mol. The topological polar surface area (TPSA) is 60.0 Å². The minimum atomic E-state index is -0.0887. The van der Waals surface area contributed by atoms with Gasteiger partial charge in [0.05, 0.1) is 12.7 Å². The molecule has 2 saturated heterocycles. The Kier molecular flexibility index (Phi) is 6.93. The van der Waals surface area contributed by atoms with Crippen molar-refractivity contribution in [1.29, 1.82) is 0 Å². The van der Waals surface area contributed by atoms with Crippen LogP contribution >= 0.6 is 0 Å². The van der Waals surface area contributed by atoms with Crippen LogP contribution in [-0.4, -0.2) is 62.4 Å². The summed E-state index contributed by atoms with van der Waals surface area (Å²) in [7, 11) is 1.62. The second-order valence-corrected chi connectivity index (χ2v) is 8.51. The number of ether oxygens (including phenoxy) is 3. The van der Waals surface area contributed by atoms with E-state index >= 15 is 0 Å². The summed E-state index contributed by atoms with van der Waals surface area (Å²) in [6.45, 7) is 3.59. The van der Waals surface area contributed by atoms with Crippen LogP contribution in [0.15, 0.2) is 18.2 Å². The first-order valence-corrected chi connectivity index (χ1v) is 11.2. The van der Waals surface area contributed by atoms with Crippen LogP contribution in [0.2, 0.25) is 0 Å². The molecule has 160 valence electrons. The van der Waals surface area contributed by atoms with E-state index < -0.39 is 0 Å².